The molecule has 1 amide bonds. The van der Waals surface area contributed by atoms with Crippen LogP contribution in [0.5, 0.6) is 0 Å². The van der Waals surface area contributed by atoms with Crippen LogP contribution < -0.4 is 5.32 Å². The van der Waals surface area contributed by atoms with E-state index in [0.717, 1.165) is 33.6 Å². The summed E-state index contributed by atoms with van der Waals surface area (Å²) in [4.78, 5) is 12.7. The number of nitrogens with one attached hydrogen (secondary N) is 1. The van der Waals surface area contributed by atoms with Gasteiger partial charge in [0.05, 0.1) is 10.9 Å². The Hall–Kier alpha value is -2.67. The maximum Gasteiger partial charge on any atom is 0.237 e. The van der Waals surface area contributed by atoms with Crippen LogP contribution in [0, 0.1) is 27.7 Å². The molecule has 7 heteroatoms. The van der Waals surface area contributed by atoms with Crippen LogP contribution in [-0.2, 0) is 4.79 Å². The number of para-hydroxylation sites is 1. The number of carbonyl (C=O) groups excluding carboxylic acids is 1. The summed E-state index contributed by atoms with van der Waals surface area (Å²) in [5, 5.41) is 15.3. The Kier molecular flexibility index (Phi) is 5.60. The highest BCUT2D eigenvalue weighted by Crippen LogP contribution is 2.27. The molecule has 0 aliphatic rings. The fourth-order valence-corrected chi connectivity index (χ4v) is 3.60. The number of aryl methyl sites for hydroxylation is 4. The second-order valence-electron chi connectivity index (χ2n) is 6.68. The molecule has 1 heterocycles. The van der Waals surface area contributed by atoms with Crippen LogP contribution in [0.2, 0.25) is 0 Å². The monoisotopic (exact) mass is 381 g/mol. The number of rotatable bonds is 5. The summed E-state index contributed by atoms with van der Waals surface area (Å²) in [7, 11) is 0. The van der Waals surface area contributed by atoms with Gasteiger partial charge in [-0.05, 0) is 73.4 Å². The van der Waals surface area contributed by atoms with Gasteiger partial charge in [0.15, 0.2) is 0 Å². The van der Waals surface area contributed by atoms with Gasteiger partial charge >= 0.3 is 0 Å². The van der Waals surface area contributed by atoms with Crippen molar-refractivity contribution in [3.05, 3.63) is 58.7 Å². The molecule has 27 heavy (non-hydrogen) atoms. The van der Waals surface area contributed by atoms with Crippen molar-refractivity contribution in [1.82, 2.24) is 20.2 Å². The molecule has 0 bridgehead atoms. The molecule has 0 saturated carbocycles. The molecule has 1 atom stereocenters. The molecule has 0 radical (unpaired) electrons. The van der Waals surface area contributed by atoms with E-state index >= 15 is 0 Å². The van der Waals surface area contributed by atoms with Gasteiger partial charge in [-0.2, -0.15) is 4.68 Å². The quantitative estimate of drug-likeness (QED) is 0.676. The zero-order chi connectivity index (χ0) is 19.6. The van der Waals surface area contributed by atoms with Crippen molar-refractivity contribution < 1.29 is 4.79 Å². The lowest BCUT2D eigenvalue weighted by molar-refractivity contribution is -0.115. The van der Waals surface area contributed by atoms with Crippen LogP contribution in [0.15, 0.2) is 41.6 Å². The highest BCUT2D eigenvalue weighted by molar-refractivity contribution is 8.00. The van der Waals surface area contributed by atoms with E-state index in [1.54, 1.807) is 4.68 Å². The van der Waals surface area contributed by atoms with Crippen LogP contribution in [0.4, 0.5) is 5.69 Å². The molecule has 3 rings (SSSR count). The van der Waals surface area contributed by atoms with E-state index in [2.05, 4.69) is 26.9 Å². The summed E-state index contributed by atoms with van der Waals surface area (Å²) >= 11 is 1.34. The summed E-state index contributed by atoms with van der Waals surface area (Å²) in [5.41, 5.74) is 6.07. The second-order valence-corrected chi connectivity index (χ2v) is 7.99. The first-order valence-corrected chi connectivity index (χ1v) is 9.64. The minimum absolute atomic E-state index is 0.0760. The Morgan fingerprint density at radius 2 is 1.78 bits per heavy atom. The highest BCUT2D eigenvalue weighted by atomic mass is 32.2. The van der Waals surface area contributed by atoms with E-state index in [1.807, 2.05) is 65.0 Å². The summed E-state index contributed by atoms with van der Waals surface area (Å²) in [6, 6.07) is 12.1. The number of aromatic nitrogens is 4. The molecule has 6 nitrogen and oxygen atoms in total. The van der Waals surface area contributed by atoms with Gasteiger partial charge in [-0.1, -0.05) is 42.1 Å². The number of anilines is 1. The average Bonchev–Trinajstić information content (AvgIpc) is 3.08. The molecule has 1 N–H and O–H groups in total. The number of nitrogens with zero attached hydrogens (tertiary/aromatic N) is 4. The van der Waals surface area contributed by atoms with Gasteiger partial charge in [0.1, 0.15) is 0 Å². The number of tetrazole rings is 1. The van der Waals surface area contributed by atoms with Crippen LogP contribution in [0.1, 0.15) is 29.2 Å². The number of hydrogen-bond donors (Lipinski definition) is 1. The zero-order valence-electron chi connectivity index (χ0n) is 16.1. The number of benzene rings is 2. The van der Waals surface area contributed by atoms with Crippen molar-refractivity contribution in [3.63, 3.8) is 0 Å². The molecule has 0 unspecified atom stereocenters. The Morgan fingerprint density at radius 3 is 2.48 bits per heavy atom. The van der Waals surface area contributed by atoms with Crippen molar-refractivity contribution in [2.24, 2.45) is 0 Å². The molecular weight excluding hydrogens is 358 g/mol. The van der Waals surface area contributed by atoms with Crippen LogP contribution >= 0.6 is 11.8 Å². The SMILES string of the molecule is Cc1ccc(C)c(-n2nnnc2S[C@@H](C)C(=O)Nc2c(C)cccc2C)c1. The lowest BCUT2D eigenvalue weighted by Gasteiger charge is -2.15. The molecule has 2 aromatic carbocycles. The zero-order valence-corrected chi connectivity index (χ0v) is 17.0. The predicted octanol–water partition coefficient (Wildman–Crippen LogP) is 4.02. The fourth-order valence-electron chi connectivity index (χ4n) is 2.80. The van der Waals surface area contributed by atoms with Crippen molar-refractivity contribution >= 4 is 23.4 Å². The number of carbonyl (C=O) groups is 1. The molecule has 1 aromatic heterocycles. The Morgan fingerprint density at radius 1 is 1.07 bits per heavy atom. The average molecular weight is 382 g/mol. The molecule has 140 valence electrons. The van der Waals surface area contributed by atoms with Crippen molar-refractivity contribution in [2.75, 3.05) is 5.32 Å². The van der Waals surface area contributed by atoms with E-state index in [-0.39, 0.29) is 11.2 Å². The second kappa shape index (κ2) is 7.92. The maximum absolute atomic E-state index is 12.7. The van der Waals surface area contributed by atoms with Crippen molar-refractivity contribution in [2.45, 2.75) is 45.0 Å². The highest BCUT2D eigenvalue weighted by Gasteiger charge is 2.21. The van der Waals surface area contributed by atoms with Crippen molar-refractivity contribution in [3.8, 4) is 5.69 Å². The maximum atomic E-state index is 12.7. The minimum atomic E-state index is -0.348. The van der Waals surface area contributed by atoms with Gasteiger partial charge in [0, 0.05) is 5.69 Å². The van der Waals surface area contributed by atoms with E-state index in [4.69, 9.17) is 0 Å². The molecule has 0 spiro atoms. The first-order valence-electron chi connectivity index (χ1n) is 8.76. The first kappa shape index (κ1) is 19.1. The van der Waals surface area contributed by atoms with Gasteiger partial charge in [-0.25, -0.2) is 0 Å². The molecule has 0 aliphatic carbocycles. The molecule has 0 aliphatic heterocycles. The lowest BCUT2D eigenvalue weighted by atomic mass is 10.1. The van der Waals surface area contributed by atoms with Crippen molar-refractivity contribution in [1.29, 1.82) is 0 Å². The summed E-state index contributed by atoms with van der Waals surface area (Å²) in [5.74, 6) is -0.0760. The summed E-state index contributed by atoms with van der Waals surface area (Å²) < 4.78 is 1.69. The van der Waals surface area contributed by atoms with Crippen LogP contribution in [0.25, 0.3) is 5.69 Å². The third-order valence-electron chi connectivity index (χ3n) is 4.41. The van der Waals surface area contributed by atoms with E-state index in [1.165, 1.54) is 11.8 Å². The smallest absolute Gasteiger partial charge is 0.237 e. The van der Waals surface area contributed by atoms with Gasteiger partial charge in [-0.15, -0.1) is 5.10 Å². The number of thioether (sulfide) groups is 1. The van der Waals surface area contributed by atoms with E-state index < -0.39 is 0 Å². The number of amides is 1. The lowest BCUT2D eigenvalue weighted by Crippen LogP contribution is -2.24. The number of hydrogen-bond acceptors (Lipinski definition) is 5. The summed E-state index contributed by atoms with van der Waals surface area (Å²) in [6.07, 6.45) is 0. The van der Waals surface area contributed by atoms with Crippen LogP contribution in [-0.4, -0.2) is 31.4 Å². The predicted molar refractivity (Wildman–Crippen MR) is 108 cm³/mol. The van der Waals surface area contributed by atoms with Gasteiger partial charge in [0.2, 0.25) is 11.1 Å². The molecular formula is C20H23N5OS. The molecule has 0 saturated heterocycles. The largest absolute Gasteiger partial charge is 0.325 e. The Balaban J connectivity index is 1.79. The third kappa shape index (κ3) is 4.19. The van der Waals surface area contributed by atoms with Gasteiger partial charge < -0.3 is 5.32 Å². The first-order chi connectivity index (χ1) is 12.9. The molecule has 0 fully saturated rings. The van der Waals surface area contributed by atoms with Gasteiger partial charge in [0.25, 0.3) is 0 Å². The Bertz CT molecular complexity index is 962. The fraction of sp³-hybridized carbons (Fsp3) is 0.300. The van der Waals surface area contributed by atoms with Gasteiger partial charge in [-0.3, -0.25) is 4.79 Å². The van der Waals surface area contributed by atoms with Crippen LogP contribution in [0.3, 0.4) is 0 Å². The molecule has 3 aromatic rings. The Labute approximate surface area is 163 Å². The standard InChI is InChI=1S/C20H23N5OS/c1-12-9-10-13(2)17(11-12)25-20(22-23-24-25)27-16(5)19(26)21-18-14(3)7-6-8-15(18)4/h6-11,16H,1-5H3,(H,21,26)/t16-/m0/s1. The third-order valence-corrected chi connectivity index (χ3v) is 5.45. The summed E-state index contributed by atoms with van der Waals surface area (Å²) in [6.45, 7) is 9.88. The topological polar surface area (TPSA) is 72.7 Å². The minimum Gasteiger partial charge on any atom is -0.325 e. The van der Waals surface area contributed by atoms with E-state index in [9.17, 15) is 4.79 Å². The normalized spacial score (nSPS) is 12.0. The van der Waals surface area contributed by atoms with E-state index in [0.29, 0.717) is 5.16 Å².